The van der Waals surface area contributed by atoms with Gasteiger partial charge in [-0.3, -0.25) is 9.52 Å². The highest BCUT2D eigenvalue weighted by molar-refractivity contribution is 7.92. The van der Waals surface area contributed by atoms with Crippen LogP contribution in [-0.4, -0.2) is 25.4 Å². The molecular formula is C24H20Cl2N2O4S. The summed E-state index contributed by atoms with van der Waals surface area (Å²) in [6.45, 7) is 3.42. The number of hydrogen-bond donors (Lipinski definition) is 1. The van der Waals surface area contributed by atoms with Gasteiger partial charge in [-0.15, -0.1) is 0 Å². The Bertz CT molecular complexity index is 1480. The maximum Gasteiger partial charge on any atom is 0.229 e. The molecule has 0 saturated carbocycles. The van der Waals surface area contributed by atoms with E-state index in [9.17, 15) is 13.2 Å². The number of rotatable bonds is 6. The number of anilines is 1. The highest BCUT2D eigenvalue weighted by atomic mass is 35.5. The number of nitrogens with zero attached hydrogens (tertiary/aromatic N) is 1. The van der Waals surface area contributed by atoms with E-state index in [4.69, 9.17) is 27.6 Å². The van der Waals surface area contributed by atoms with Gasteiger partial charge in [-0.25, -0.2) is 13.4 Å². The SMILES string of the molecule is CC(C)C(=O)c1oc2nc(-c3ccccc3Cl)c(-c3ccc(Cl)cc3)cc2c1NS(C)(=O)=O. The van der Waals surface area contributed by atoms with Crippen LogP contribution in [0.3, 0.4) is 0 Å². The molecule has 0 atom stereocenters. The number of hydrogen-bond acceptors (Lipinski definition) is 5. The summed E-state index contributed by atoms with van der Waals surface area (Å²) in [5.74, 6) is -0.841. The molecule has 0 unspecified atom stereocenters. The molecule has 170 valence electrons. The van der Waals surface area contributed by atoms with Gasteiger partial charge in [0.25, 0.3) is 0 Å². The molecule has 6 nitrogen and oxygen atoms in total. The predicted molar refractivity (Wildman–Crippen MR) is 133 cm³/mol. The summed E-state index contributed by atoms with van der Waals surface area (Å²) in [6.07, 6.45) is 1.01. The first kappa shape index (κ1) is 23.3. The Hall–Kier alpha value is -2.87. The van der Waals surface area contributed by atoms with Crippen molar-refractivity contribution < 1.29 is 17.6 Å². The van der Waals surface area contributed by atoms with Crippen LogP contribution in [0.25, 0.3) is 33.5 Å². The molecule has 0 fully saturated rings. The van der Waals surface area contributed by atoms with Crippen molar-refractivity contribution in [1.82, 2.24) is 4.98 Å². The van der Waals surface area contributed by atoms with Gasteiger partial charge in [0.1, 0.15) is 5.69 Å². The zero-order valence-corrected chi connectivity index (χ0v) is 20.3. The number of nitrogens with one attached hydrogen (secondary N) is 1. The van der Waals surface area contributed by atoms with E-state index in [0.29, 0.717) is 32.3 Å². The average Bonchev–Trinajstić information content (AvgIpc) is 3.09. The van der Waals surface area contributed by atoms with E-state index in [1.165, 1.54) is 0 Å². The Morgan fingerprint density at radius 2 is 1.70 bits per heavy atom. The molecular weight excluding hydrogens is 483 g/mol. The molecule has 0 saturated heterocycles. The molecule has 0 amide bonds. The van der Waals surface area contributed by atoms with Crippen LogP contribution in [0.2, 0.25) is 10.0 Å². The second-order valence-corrected chi connectivity index (χ2v) is 10.5. The lowest BCUT2D eigenvalue weighted by molar-refractivity contribution is 0.0914. The van der Waals surface area contributed by atoms with E-state index >= 15 is 0 Å². The normalized spacial score (nSPS) is 11.8. The van der Waals surface area contributed by atoms with Crippen molar-refractivity contribution in [3.63, 3.8) is 0 Å². The van der Waals surface area contributed by atoms with E-state index in [1.54, 1.807) is 38.1 Å². The molecule has 0 spiro atoms. The number of carbonyl (C=O) groups excluding carboxylic acids is 1. The van der Waals surface area contributed by atoms with Gasteiger partial charge in [-0.2, -0.15) is 0 Å². The second-order valence-electron chi connectivity index (χ2n) is 7.92. The summed E-state index contributed by atoms with van der Waals surface area (Å²) in [5, 5.41) is 1.42. The van der Waals surface area contributed by atoms with Gasteiger partial charge in [0.15, 0.2) is 5.76 Å². The highest BCUT2D eigenvalue weighted by Crippen LogP contribution is 2.41. The molecule has 2 aromatic carbocycles. The van der Waals surface area contributed by atoms with E-state index in [1.807, 2.05) is 30.3 Å². The number of carbonyl (C=O) groups is 1. The first-order valence-corrected chi connectivity index (χ1v) is 12.7. The summed E-state index contributed by atoms with van der Waals surface area (Å²) in [7, 11) is -3.70. The van der Waals surface area contributed by atoms with Gasteiger partial charge < -0.3 is 4.42 Å². The van der Waals surface area contributed by atoms with Crippen LogP contribution in [-0.2, 0) is 10.0 Å². The Morgan fingerprint density at radius 3 is 2.30 bits per heavy atom. The minimum Gasteiger partial charge on any atom is -0.432 e. The lowest BCUT2D eigenvalue weighted by Gasteiger charge is -2.12. The van der Waals surface area contributed by atoms with Crippen molar-refractivity contribution >= 4 is 55.8 Å². The molecule has 0 radical (unpaired) electrons. The van der Waals surface area contributed by atoms with Gasteiger partial charge in [0, 0.05) is 27.1 Å². The Kier molecular flexibility index (Phi) is 6.22. The number of benzene rings is 2. The van der Waals surface area contributed by atoms with Gasteiger partial charge in [0.05, 0.1) is 17.3 Å². The fourth-order valence-electron chi connectivity index (χ4n) is 3.45. The molecule has 33 heavy (non-hydrogen) atoms. The number of ketones is 1. The lowest BCUT2D eigenvalue weighted by Crippen LogP contribution is -2.14. The molecule has 9 heteroatoms. The summed E-state index contributed by atoms with van der Waals surface area (Å²) in [6, 6.07) is 16.1. The standard InChI is InChI=1S/C24H20Cl2N2O4S/c1-13(2)22(29)23-21(28-33(3,30)31)18-12-17(14-8-10-15(25)11-9-14)20(27-24(18)32-23)16-6-4-5-7-19(16)26/h4-13,28H,1-3H3. The maximum absolute atomic E-state index is 12.8. The van der Waals surface area contributed by atoms with E-state index in [2.05, 4.69) is 9.71 Å². The highest BCUT2D eigenvalue weighted by Gasteiger charge is 2.27. The van der Waals surface area contributed by atoms with E-state index < -0.39 is 15.9 Å². The topological polar surface area (TPSA) is 89.3 Å². The predicted octanol–water partition coefficient (Wildman–Crippen LogP) is 6.68. The fraction of sp³-hybridized carbons (Fsp3) is 0.167. The third-order valence-electron chi connectivity index (χ3n) is 5.00. The van der Waals surface area contributed by atoms with E-state index in [0.717, 1.165) is 11.8 Å². The monoisotopic (exact) mass is 502 g/mol. The third-order valence-corrected chi connectivity index (χ3v) is 6.16. The Morgan fingerprint density at radius 1 is 1.03 bits per heavy atom. The molecule has 0 bridgehead atoms. The molecule has 2 aromatic heterocycles. The maximum atomic E-state index is 12.8. The fourth-order valence-corrected chi connectivity index (χ4v) is 4.38. The first-order chi connectivity index (χ1) is 15.5. The van der Waals surface area contributed by atoms with Crippen molar-refractivity contribution in [2.45, 2.75) is 13.8 Å². The minimum atomic E-state index is -3.70. The van der Waals surface area contributed by atoms with Crippen LogP contribution in [0, 0.1) is 5.92 Å². The van der Waals surface area contributed by atoms with Gasteiger partial charge in [0.2, 0.25) is 21.5 Å². The van der Waals surface area contributed by atoms with Crippen LogP contribution >= 0.6 is 23.2 Å². The van der Waals surface area contributed by atoms with Crippen molar-refractivity contribution in [2.75, 3.05) is 11.0 Å². The van der Waals surface area contributed by atoms with Crippen molar-refractivity contribution in [2.24, 2.45) is 5.92 Å². The number of halogens is 2. The molecule has 4 rings (SSSR count). The average molecular weight is 503 g/mol. The molecule has 0 aliphatic carbocycles. The molecule has 2 heterocycles. The van der Waals surface area contributed by atoms with Crippen LogP contribution in [0.1, 0.15) is 24.4 Å². The van der Waals surface area contributed by atoms with Gasteiger partial charge in [-0.1, -0.05) is 67.4 Å². The zero-order valence-electron chi connectivity index (χ0n) is 18.0. The number of furan rings is 1. The van der Waals surface area contributed by atoms with Crippen molar-refractivity contribution in [3.05, 3.63) is 70.4 Å². The number of sulfonamides is 1. The number of fused-ring (bicyclic) bond motifs is 1. The molecule has 0 aliphatic heterocycles. The number of Topliss-reactive ketones (excluding diaryl/α,β-unsaturated/α-hetero) is 1. The lowest BCUT2D eigenvalue weighted by atomic mass is 9.98. The summed E-state index contributed by atoms with van der Waals surface area (Å²) in [4.78, 5) is 17.5. The second kappa shape index (κ2) is 8.82. The Labute approximate surface area is 201 Å². The summed E-state index contributed by atoms with van der Waals surface area (Å²) >= 11 is 12.5. The van der Waals surface area contributed by atoms with Gasteiger partial charge in [-0.05, 0) is 29.8 Å². The first-order valence-electron chi connectivity index (χ1n) is 10.1. The van der Waals surface area contributed by atoms with Gasteiger partial charge >= 0.3 is 0 Å². The van der Waals surface area contributed by atoms with E-state index in [-0.39, 0.29) is 22.9 Å². The molecule has 1 N–H and O–H groups in total. The smallest absolute Gasteiger partial charge is 0.229 e. The Balaban J connectivity index is 2.09. The summed E-state index contributed by atoms with van der Waals surface area (Å²) < 4.78 is 32.5. The molecule has 0 aliphatic rings. The zero-order chi connectivity index (χ0) is 23.9. The minimum absolute atomic E-state index is 0.0691. The van der Waals surface area contributed by atoms with Crippen molar-refractivity contribution in [3.8, 4) is 22.4 Å². The number of pyridine rings is 1. The van der Waals surface area contributed by atoms with Crippen LogP contribution < -0.4 is 4.72 Å². The number of aromatic nitrogens is 1. The largest absolute Gasteiger partial charge is 0.432 e. The molecule has 4 aromatic rings. The van der Waals surface area contributed by atoms with Crippen LogP contribution in [0.4, 0.5) is 5.69 Å². The quantitative estimate of drug-likeness (QED) is 0.297. The van der Waals surface area contributed by atoms with Crippen molar-refractivity contribution in [1.29, 1.82) is 0 Å². The van der Waals surface area contributed by atoms with Crippen LogP contribution in [0.5, 0.6) is 0 Å². The summed E-state index contributed by atoms with van der Waals surface area (Å²) in [5.41, 5.74) is 2.84. The van der Waals surface area contributed by atoms with Crippen LogP contribution in [0.15, 0.2) is 59.0 Å². The third kappa shape index (κ3) is 4.76.